The summed E-state index contributed by atoms with van der Waals surface area (Å²) in [4.78, 5) is 24.3. The van der Waals surface area contributed by atoms with Gasteiger partial charge in [-0.25, -0.2) is 4.39 Å². The molecule has 3 N–H and O–H groups in total. The van der Waals surface area contributed by atoms with E-state index in [4.69, 9.17) is 5.73 Å². The summed E-state index contributed by atoms with van der Waals surface area (Å²) in [5.41, 5.74) is 7.24. The first-order valence-electron chi connectivity index (χ1n) is 8.79. The Labute approximate surface area is 156 Å². The number of nitrogens with zero attached hydrogens (tertiary/aromatic N) is 2. The number of nitrogens with two attached hydrogens (primary N) is 1. The first kappa shape index (κ1) is 18.6. The zero-order chi connectivity index (χ0) is 19.4. The maximum atomic E-state index is 13.1. The van der Waals surface area contributed by atoms with Gasteiger partial charge in [0.2, 0.25) is 5.91 Å². The minimum Gasteiger partial charge on any atom is -0.368 e. The molecule has 0 saturated heterocycles. The Bertz CT molecular complexity index is 966. The molecule has 0 fully saturated rings. The van der Waals surface area contributed by atoms with Crippen LogP contribution in [0.4, 0.5) is 4.39 Å². The lowest BCUT2D eigenvalue weighted by Gasteiger charge is -2.13. The highest BCUT2D eigenvalue weighted by atomic mass is 19.1. The van der Waals surface area contributed by atoms with Gasteiger partial charge in [0.25, 0.3) is 5.91 Å². The number of fused-ring (bicyclic) bond motifs is 1. The lowest BCUT2D eigenvalue weighted by molar-refractivity contribution is -0.120. The van der Waals surface area contributed by atoms with Crippen LogP contribution >= 0.6 is 0 Å². The highest BCUT2D eigenvalue weighted by Crippen LogP contribution is 2.20. The number of aromatic nitrogens is 2. The molecule has 0 saturated carbocycles. The van der Waals surface area contributed by atoms with Crippen molar-refractivity contribution in [2.45, 2.75) is 32.4 Å². The molecule has 0 unspecified atom stereocenters. The summed E-state index contributed by atoms with van der Waals surface area (Å²) >= 11 is 0. The number of nitrogens with one attached hydrogen (secondary N) is 1. The molecule has 1 atom stereocenters. The van der Waals surface area contributed by atoms with E-state index < -0.39 is 17.9 Å². The number of carbonyl (C=O) groups is 2. The van der Waals surface area contributed by atoms with Crippen LogP contribution in [-0.2, 0) is 11.3 Å². The van der Waals surface area contributed by atoms with Crippen molar-refractivity contribution in [1.82, 2.24) is 15.1 Å². The molecule has 3 rings (SSSR count). The summed E-state index contributed by atoms with van der Waals surface area (Å²) in [5.74, 6) is -1.32. The average Bonchev–Trinajstić information content (AvgIpc) is 3.02. The van der Waals surface area contributed by atoms with Gasteiger partial charge in [-0.2, -0.15) is 5.10 Å². The van der Waals surface area contributed by atoms with E-state index in [1.165, 1.54) is 12.1 Å². The first-order chi connectivity index (χ1) is 13.0. The van der Waals surface area contributed by atoms with Crippen LogP contribution in [0.15, 0.2) is 48.5 Å². The monoisotopic (exact) mass is 368 g/mol. The second kappa shape index (κ2) is 7.99. The quantitative estimate of drug-likeness (QED) is 0.672. The predicted octanol–water partition coefficient (Wildman–Crippen LogP) is 2.61. The topological polar surface area (TPSA) is 90.0 Å². The number of hydrogen-bond donors (Lipinski definition) is 2. The molecule has 7 heteroatoms. The number of primary amides is 1. The number of hydrogen-bond acceptors (Lipinski definition) is 3. The molecule has 1 aromatic heterocycles. The molecule has 0 radical (unpaired) electrons. The Kier molecular flexibility index (Phi) is 5.49. The molecule has 1 heterocycles. The zero-order valence-electron chi connectivity index (χ0n) is 15.0. The molecule has 0 bridgehead atoms. The normalized spacial score (nSPS) is 12.1. The highest BCUT2D eigenvalue weighted by Gasteiger charge is 2.22. The van der Waals surface area contributed by atoms with Gasteiger partial charge < -0.3 is 11.1 Å². The van der Waals surface area contributed by atoms with Gasteiger partial charge in [-0.05, 0) is 30.2 Å². The van der Waals surface area contributed by atoms with Crippen molar-refractivity contribution < 1.29 is 14.0 Å². The molecule has 0 aliphatic heterocycles. The molecular weight excluding hydrogens is 347 g/mol. The largest absolute Gasteiger partial charge is 0.368 e. The molecule has 0 spiro atoms. The van der Waals surface area contributed by atoms with Crippen molar-refractivity contribution in [3.05, 3.63) is 65.6 Å². The maximum Gasteiger partial charge on any atom is 0.273 e. The fourth-order valence-electron chi connectivity index (χ4n) is 2.98. The summed E-state index contributed by atoms with van der Waals surface area (Å²) in [7, 11) is 0. The third kappa shape index (κ3) is 4.13. The van der Waals surface area contributed by atoms with E-state index in [1.807, 2.05) is 25.1 Å². The van der Waals surface area contributed by atoms with E-state index in [1.54, 1.807) is 22.9 Å². The summed E-state index contributed by atoms with van der Waals surface area (Å²) < 4.78 is 14.8. The van der Waals surface area contributed by atoms with Crippen molar-refractivity contribution in [3.8, 4) is 0 Å². The van der Waals surface area contributed by atoms with Crippen molar-refractivity contribution in [1.29, 1.82) is 0 Å². The minimum atomic E-state index is -0.733. The van der Waals surface area contributed by atoms with Gasteiger partial charge in [0.15, 0.2) is 5.69 Å². The Balaban J connectivity index is 1.93. The van der Waals surface area contributed by atoms with Gasteiger partial charge in [-0.15, -0.1) is 0 Å². The Hall–Kier alpha value is -3.22. The van der Waals surface area contributed by atoms with E-state index in [2.05, 4.69) is 10.4 Å². The van der Waals surface area contributed by atoms with E-state index >= 15 is 0 Å². The molecule has 0 aliphatic carbocycles. The van der Waals surface area contributed by atoms with Gasteiger partial charge in [0, 0.05) is 5.39 Å². The molecular formula is C20H21FN4O2. The Morgan fingerprint density at radius 1 is 1.19 bits per heavy atom. The number of halogens is 1. The van der Waals surface area contributed by atoms with Gasteiger partial charge in [0.05, 0.1) is 12.1 Å². The molecule has 27 heavy (non-hydrogen) atoms. The van der Waals surface area contributed by atoms with Crippen LogP contribution in [0.2, 0.25) is 0 Å². The number of rotatable bonds is 7. The van der Waals surface area contributed by atoms with E-state index in [-0.39, 0.29) is 11.5 Å². The summed E-state index contributed by atoms with van der Waals surface area (Å²) in [6.07, 6.45) is 1.18. The maximum absolute atomic E-state index is 13.1. The summed E-state index contributed by atoms with van der Waals surface area (Å²) in [5, 5.41) is 7.79. The van der Waals surface area contributed by atoms with Crippen molar-refractivity contribution in [3.63, 3.8) is 0 Å². The molecule has 140 valence electrons. The molecule has 2 aromatic carbocycles. The van der Waals surface area contributed by atoms with Crippen molar-refractivity contribution >= 4 is 22.7 Å². The highest BCUT2D eigenvalue weighted by molar-refractivity contribution is 6.06. The number of carbonyl (C=O) groups excluding carboxylic acids is 2. The number of benzene rings is 2. The zero-order valence-corrected chi connectivity index (χ0v) is 15.0. The molecule has 0 aliphatic rings. The van der Waals surface area contributed by atoms with E-state index in [9.17, 15) is 14.0 Å². The van der Waals surface area contributed by atoms with Gasteiger partial charge in [0.1, 0.15) is 11.9 Å². The van der Waals surface area contributed by atoms with Crippen LogP contribution in [0, 0.1) is 5.82 Å². The van der Waals surface area contributed by atoms with Crippen molar-refractivity contribution in [2.24, 2.45) is 5.73 Å². The standard InChI is InChI=1S/C20H21FN4O2/c1-2-5-16(19(22)26)23-20(27)18-15-6-3-4-7-17(15)25(24-18)12-13-8-10-14(21)11-9-13/h3-4,6-11,16H,2,5,12H2,1H3,(H2,22,26)(H,23,27)/t16-/m1/s1. The van der Waals surface area contributed by atoms with Crippen LogP contribution in [0.1, 0.15) is 35.8 Å². The summed E-state index contributed by atoms with van der Waals surface area (Å²) in [6, 6.07) is 12.7. The summed E-state index contributed by atoms with van der Waals surface area (Å²) in [6.45, 7) is 2.30. The van der Waals surface area contributed by atoms with Gasteiger partial charge in [-0.1, -0.05) is 43.7 Å². The number of amides is 2. The van der Waals surface area contributed by atoms with Crippen LogP contribution in [-0.4, -0.2) is 27.6 Å². The molecule has 6 nitrogen and oxygen atoms in total. The molecule has 2 amide bonds. The Morgan fingerprint density at radius 2 is 1.89 bits per heavy atom. The fourth-order valence-corrected chi connectivity index (χ4v) is 2.98. The van der Waals surface area contributed by atoms with Crippen LogP contribution < -0.4 is 11.1 Å². The third-order valence-electron chi connectivity index (χ3n) is 4.34. The number of para-hydroxylation sites is 1. The SMILES string of the molecule is CCC[C@@H](NC(=O)c1nn(Cc2ccc(F)cc2)c2ccccc12)C(N)=O. The minimum absolute atomic E-state index is 0.232. The van der Waals surface area contributed by atoms with E-state index in [0.717, 1.165) is 11.1 Å². The lowest BCUT2D eigenvalue weighted by Crippen LogP contribution is -2.44. The predicted molar refractivity (Wildman–Crippen MR) is 101 cm³/mol. The van der Waals surface area contributed by atoms with Crippen molar-refractivity contribution in [2.75, 3.05) is 0 Å². The van der Waals surface area contributed by atoms with Crippen LogP contribution in [0.5, 0.6) is 0 Å². The first-order valence-corrected chi connectivity index (χ1v) is 8.79. The fraction of sp³-hybridized carbons (Fsp3) is 0.250. The van der Waals surface area contributed by atoms with E-state index in [0.29, 0.717) is 24.8 Å². The second-order valence-electron chi connectivity index (χ2n) is 6.37. The average molecular weight is 368 g/mol. The second-order valence-corrected chi connectivity index (χ2v) is 6.37. The third-order valence-corrected chi connectivity index (χ3v) is 4.34. The van der Waals surface area contributed by atoms with Gasteiger partial charge >= 0.3 is 0 Å². The smallest absolute Gasteiger partial charge is 0.273 e. The molecule has 3 aromatic rings. The Morgan fingerprint density at radius 3 is 2.56 bits per heavy atom. The lowest BCUT2D eigenvalue weighted by atomic mass is 10.1. The van der Waals surface area contributed by atoms with Crippen LogP contribution in [0.25, 0.3) is 10.9 Å². The van der Waals surface area contributed by atoms with Gasteiger partial charge in [-0.3, -0.25) is 14.3 Å². The van der Waals surface area contributed by atoms with Crippen LogP contribution in [0.3, 0.4) is 0 Å².